The fourth-order valence-electron chi connectivity index (χ4n) is 4.53. The molecule has 0 bridgehead atoms. The number of hydrogen-bond donors (Lipinski definition) is 1. The third kappa shape index (κ3) is 4.94. The van der Waals surface area contributed by atoms with Gasteiger partial charge in [0.2, 0.25) is 0 Å². The number of halogens is 1. The van der Waals surface area contributed by atoms with Crippen LogP contribution in [-0.4, -0.2) is 48.8 Å². The van der Waals surface area contributed by atoms with Crippen molar-refractivity contribution in [1.29, 1.82) is 0 Å². The first-order valence-electron chi connectivity index (χ1n) is 10.7. The molecule has 2 aliphatic rings. The first-order valence-corrected chi connectivity index (χ1v) is 11.1. The molecule has 2 aromatic carbocycles. The molecular formula is C25H28ClNO3. The van der Waals surface area contributed by atoms with Crippen molar-refractivity contribution in [2.24, 2.45) is 5.92 Å². The Bertz CT molecular complexity index is 940. The second-order valence-corrected chi connectivity index (χ2v) is 8.57. The maximum atomic E-state index is 11.2. The molecule has 1 heterocycles. The predicted octanol–water partition coefficient (Wildman–Crippen LogP) is 4.68. The Hall–Kier alpha value is -2.14. The SMILES string of the molecule is O=C(O)[C@@H]1CCCN(CCOC/C=C2\c3ccccc3CCc3ccc(Cl)cc32)C1. The topological polar surface area (TPSA) is 49.8 Å². The maximum Gasteiger partial charge on any atom is 0.307 e. The van der Waals surface area contributed by atoms with Gasteiger partial charge in [-0.2, -0.15) is 0 Å². The molecule has 4 rings (SSSR count). The van der Waals surface area contributed by atoms with Gasteiger partial charge in [-0.05, 0) is 72.2 Å². The minimum absolute atomic E-state index is 0.246. The van der Waals surface area contributed by atoms with E-state index in [2.05, 4.69) is 47.4 Å². The number of carboxylic acids is 1. The molecule has 1 N–H and O–H groups in total. The first-order chi connectivity index (χ1) is 14.6. The number of fused-ring (bicyclic) bond motifs is 2. The van der Waals surface area contributed by atoms with Crippen LogP contribution in [0.15, 0.2) is 48.5 Å². The van der Waals surface area contributed by atoms with Gasteiger partial charge in [-0.15, -0.1) is 0 Å². The van der Waals surface area contributed by atoms with Crippen LogP contribution in [-0.2, 0) is 22.4 Å². The second kappa shape index (κ2) is 9.78. The zero-order valence-corrected chi connectivity index (χ0v) is 17.9. The van der Waals surface area contributed by atoms with E-state index >= 15 is 0 Å². The second-order valence-electron chi connectivity index (χ2n) is 8.13. The molecule has 1 aliphatic heterocycles. The molecule has 2 aromatic rings. The van der Waals surface area contributed by atoms with Crippen molar-refractivity contribution in [3.8, 4) is 0 Å². The van der Waals surface area contributed by atoms with Crippen molar-refractivity contribution in [1.82, 2.24) is 4.90 Å². The minimum Gasteiger partial charge on any atom is -0.481 e. The van der Waals surface area contributed by atoms with E-state index in [0.717, 1.165) is 43.8 Å². The van der Waals surface area contributed by atoms with Crippen molar-refractivity contribution < 1.29 is 14.6 Å². The van der Waals surface area contributed by atoms with Gasteiger partial charge < -0.3 is 14.7 Å². The molecule has 1 fully saturated rings. The Balaban J connectivity index is 1.43. The largest absolute Gasteiger partial charge is 0.481 e. The van der Waals surface area contributed by atoms with Crippen LogP contribution >= 0.6 is 11.6 Å². The standard InChI is InChI=1S/C25H28ClNO3/c26-21-10-9-19-8-7-18-4-1-2-6-22(18)23(24(19)16-21)11-14-30-15-13-27-12-3-5-20(17-27)25(28)29/h1-2,4,6,9-11,16,20H,3,5,7-8,12-15,17H2,(H,28,29)/b23-11+/t20-/m1/s1. The average molecular weight is 426 g/mol. The number of likely N-dealkylation sites (tertiary alicyclic amines) is 1. The average Bonchev–Trinajstić information content (AvgIpc) is 2.90. The van der Waals surface area contributed by atoms with Crippen molar-refractivity contribution in [3.05, 3.63) is 75.8 Å². The molecule has 0 spiro atoms. The van der Waals surface area contributed by atoms with Gasteiger partial charge in [-0.3, -0.25) is 4.79 Å². The normalized spacial score (nSPS) is 20.4. The predicted molar refractivity (Wildman–Crippen MR) is 120 cm³/mol. The van der Waals surface area contributed by atoms with Gasteiger partial charge in [0.1, 0.15) is 0 Å². The lowest BCUT2D eigenvalue weighted by atomic mass is 9.94. The van der Waals surface area contributed by atoms with Crippen molar-refractivity contribution in [2.45, 2.75) is 25.7 Å². The molecule has 0 radical (unpaired) electrons. The zero-order chi connectivity index (χ0) is 20.9. The summed E-state index contributed by atoms with van der Waals surface area (Å²) >= 11 is 6.32. The monoisotopic (exact) mass is 425 g/mol. The minimum atomic E-state index is -0.685. The number of piperidine rings is 1. The zero-order valence-electron chi connectivity index (χ0n) is 17.1. The van der Waals surface area contributed by atoms with Crippen molar-refractivity contribution in [2.75, 3.05) is 32.8 Å². The van der Waals surface area contributed by atoms with Gasteiger partial charge in [-0.25, -0.2) is 0 Å². The van der Waals surface area contributed by atoms with E-state index < -0.39 is 5.97 Å². The third-order valence-electron chi connectivity index (χ3n) is 6.15. The lowest BCUT2D eigenvalue weighted by Gasteiger charge is -2.30. The number of nitrogens with zero attached hydrogens (tertiary/aromatic N) is 1. The molecule has 1 aliphatic carbocycles. The number of carboxylic acid groups (broad SMARTS) is 1. The van der Waals surface area contributed by atoms with E-state index in [4.69, 9.17) is 16.3 Å². The molecule has 1 atom stereocenters. The number of carbonyl (C=O) groups is 1. The van der Waals surface area contributed by atoms with Gasteiger partial charge in [0.25, 0.3) is 0 Å². The van der Waals surface area contributed by atoms with Crippen LogP contribution in [0.4, 0.5) is 0 Å². The third-order valence-corrected chi connectivity index (χ3v) is 6.38. The summed E-state index contributed by atoms with van der Waals surface area (Å²) in [5, 5.41) is 9.99. The molecule has 30 heavy (non-hydrogen) atoms. The number of benzene rings is 2. The van der Waals surface area contributed by atoms with Gasteiger partial charge in [0, 0.05) is 18.1 Å². The van der Waals surface area contributed by atoms with Gasteiger partial charge >= 0.3 is 5.97 Å². The Morgan fingerprint density at radius 2 is 1.97 bits per heavy atom. The van der Waals surface area contributed by atoms with E-state index in [0.29, 0.717) is 19.8 Å². The Kier molecular flexibility index (Phi) is 6.88. The highest BCUT2D eigenvalue weighted by molar-refractivity contribution is 6.30. The van der Waals surface area contributed by atoms with Crippen molar-refractivity contribution in [3.63, 3.8) is 0 Å². The summed E-state index contributed by atoms with van der Waals surface area (Å²) in [7, 11) is 0. The molecule has 0 saturated carbocycles. The Labute approximate surface area is 183 Å². The molecule has 5 heteroatoms. The van der Waals surface area contributed by atoms with Crippen LogP contribution in [0.2, 0.25) is 5.02 Å². The first kappa shape index (κ1) is 21.1. The summed E-state index contributed by atoms with van der Waals surface area (Å²) in [5.74, 6) is -0.931. The maximum absolute atomic E-state index is 11.2. The quantitative estimate of drug-likeness (QED) is 0.682. The van der Waals surface area contributed by atoms with Crippen LogP contribution < -0.4 is 0 Å². The highest BCUT2D eigenvalue weighted by atomic mass is 35.5. The highest BCUT2D eigenvalue weighted by Crippen LogP contribution is 2.34. The summed E-state index contributed by atoms with van der Waals surface area (Å²) in [4.78, 5) is 13.4. The fraction of sp³-hybridized carbons (Fsp3) is 0.400. The lowest BCUT2D eigenvalue weighted by Crippen LogP contribution is -2.40. The summed E-state index contributed by atoms with van der Waals surface area (Å²) in [5.41, 5.74) is 6.29. The van der Waals surface area contributed by atoms with E-state index in [-0.39, 0.29) is 5.92 Å². The van der Waals surface area contributed by atoms with E-state index in [1.807, 2.05) is 6.07 Å². The number of rotatable bonds is 6. The molecule has 0 unspecified atom stereocenters. The van der Waals surface area contributed by atoms with Gasteiger partial charge in [0.15, 0.2) is 0 Å². The molecule has 0 amide bonds. The Morgan fingerprint density at radius 3 is 2.80 bits per heavy atom. The molecular weight excluding hydrogens is 398 g/mol. The van der Waals surface area contributed by atoms with Crippen LogP contribution in [0.25, 0.3) is 5.57 Å². The summed E-state index contributed by atoms with van der Waals surface area (Å²) < 4.78 is 5.94. The van der Waals surface area contributed by atoms with E-state index in [1.165, 1.54) is 27.8 Å². The van der Waals surface area contributed by atoms with Crippen LogP contribution in [0.1, 0.15) is 35.1 Å². The summed E-state index contributed by atoms with van der Waals surface area (Å²) in [6.45, 7) is 3.46. The van der Waals surface area contributed by atoms with Crippen LogP contribution in [0, 0.1) is 5.92 Å². The molecule has 4 nitrogen and oxygen atoms in total. The summed E-state index contributed by atoms with van der Waals surface area (Å²) in [6, 6.07) is 14.7. The van der Waals surface area contributed by atoms with E-state index in [9.17, 15) is 9.90 Å². The van der Waals surface area contributed by atoms with Gasteiger partial charge in [-0.1, -0.05) is 48.0 Å². The van der Waals surface area contributed by atoms with Crippen LogP contribution in [0.3, 0.4) is 0 Å². The van der Waals surface area contributed by atoms with Crippen LogP contribution in [0.5, 0.6) is 0 Å². The highest BCUT2D eigenvalue weighted by Gasteiger charge is 2.25. The number of aryl methyl sites for hydroxylation is 2. The van der Waals surface area contributed by atoms with Gasteiger partial charge in [0.05, 0.1) is 19.1 Å². The smallest absolute Gasteiger partial charge is 0.307 e. The number of aliphatic carboxylic acids is 1. The number of ether oxygens (including phenoxy) is 1. The Morgan fingerprint density at radius 1 is 1.17 bits per heavy atom. The fourth-order valence-corrected chi connectivity index (χ4v) is 4.70. The molecule has 158 valence electrons. The lowest BCUT2D eigenvalue weighted by molar-refractivity contribution is -0.143. The molecule has 1 saturated heterocycles. The van der Waals surface area contributed by atoms with E-state index in [1.54, 1.807) is 0 Å². The molecule has 0 aromatic heterocycles. The van der Waals surface area contributed by atoms with Crippen molar-refractivity contribution >= 4 is 23.1 Å². The summed E-state index contributed by atoms with van der Waals surface area (Å²) in [6.07, 6.45) is 5.90. The number of hydrogen-bond acceptors (Lipinski definition) is 3.